The number of methoxy groups -OCH3 is 1. The highest BCUT2D eigenvalue weighted by molar-refractivity contribution is 5.87. The van der Waals surface area contributed by atoms with E-state index in [9.17, 15) is 4.79 Å². The van der Waals surface area contributed by atoms with Gasteiger partial charge < -0.3 is 20.7 Å². The maximum atomic E-state index is 11.6. The number of hydrogen-bond donors (Lipinski definition) is 3. The van der Waals surface area contributed by atoms with Gasteiger partial charge in [0.2, 0.25) is 0 Å². The van der Waals surface area contributed by atoms with Crippen molar-refractivity contribution in [2.24, 2.45) is 0 Å². The van der Waals surface area contributed by atoms with Crippen molar-refractivity contribution in [2.75, 3.05) is 25.5 Å². The summed E-state index contributed by atoms with van der Waals surface area (Å²) >= 11 is 0. The minimum Gasteiger partial charge on any atom is -0.497 e. The fourth-order valence-corrected chi connectivity index (χ4v) is 2.73. The lowest BCUT2D eigenvalue weighted by atomic mass is 10.3. The minimum absolute atomic E-state index is 0.0980. The van der Waals surface area contributed by atoms with E-state index in [4.69, 9.17) is 4.74 Å². The van der Waals surface area contributed by atoms with Gasteiger partial charge in [-0.3, -0.25) is 0 Å². The molecule has 2 aromatic heterocycles. The molecule has 0 aliphatic heterocycles. The van der Waals surface area contributed by atoms with Gasteiger partial charge in [0.1, 0.15) is 17.4 Å². The third kappa shape index (κ3) is 4.48. The molecule has 2 amide bonds. The highest BCUT2D eigenvalue weighted by atomic mass is 16.5. The second kappa shape index (κ2) is 8.55. The van der Waals surface area contributed by atoms with E-state index in [2.05, 4.69) is 31.0 Å². The number of aryl methyl sites for hydroxylation is 1. The second-order valence-electron chi connectivity index (χ2n) is 6.59. The topological polar surface area (TPSA) is 106 Å². The molecule has 9 nitrogen and oxygen atoms in total. The SMILES string of the molecule is COc1ccc(-n2ncc3c(NCCNC(=O)NC(C)C)nc(C)nc32)cc1. The molecule has 148 valence electrons. The number of carbonyl (C=O) groups is 1. The lowest BCUT2D eigenvalue weighted by molar-refractivity contribution is 0.239. The van der Waals surface area contributed by atoms with Crippen molar-refractivity contribution in [3.05, 3.63) is 36.3 Å². The molecule has 0 spiro atoms. The molecular weight excluding hydrogens is 358 g/mol. The van der Waals surface area contributed by atoms with Crippen LogP contribution in [0.1, 0.15) is 19.7 Å². The predicted octanol–water partition coefficient (Wildman–Crippen LogP) is 2.25. The Labute approximate surface area is 163 Å². The van der Waals surface area contributed by atoms with E-state index >= 15 is 0 Å². The number of anilines is 1. The fourth-order valence-electron chi connectivity index (χ4n) is 2.73. The molecule has 0 saturated carbocycles. The Bertz CT molecular complexity index is 951. The molecule has 28 heavy (non-hydrogen) atoms. The van der Waals surface area contributed by atoms with Gasteiger partial charge in [0.05, 0.1) is 24.4 Å². The number of urea groups is 1. The summed E-state index contributed by atoms with van der Waals surface area (Å²) in [6, 6.07) is 7.52. The van der Waals surface area contributed by atoms with Gasteiger partial charge in [-0.2, -0.15) is 5.10 Å². The van der Waals surface area contributed by atoms with Gasteiger partial charge in [-0.25, -0.2) is 19.4 Å². The fraction of sp³-hybridized carbons (Fsp3) is 0.368. The number of fused-ring (bicyclic) bond motifs is 1. The standard InChI is InChI=1S/C19H25N7O2/c1-12(2)23-19(27)21-10-9-20-17-16-11-22-26(18(16)25-13(3)24-17)14-5-7-15(28-4)8-6-14/h5-8,11-12H,9-10H2,1-4H3,(H,20,24,25)(H2,21,23,27). The summed E-state index contributed by atoms with van der Waals surface area (Å²) in [6.45, 7) is 6.67. The summed E-state index contributed by atoms with van der Waals surface area (Å²) in [5.74, 6) is 2.10. The van der Waals surface area contributed by atoms with E-state index in [0.717, 1.165) is 16.8 Å². The molecule has 3 rings (SSSR count). The molecule has 1 aromatic carbocycles. The maximum absolute atomic E-state index is 11.6. The van der Waals surface area contributed by atoms with Gasteiger partial charge in [0, 0.05) is 19.1 Å². The monoisotopic (exact) mass is 383 g/mol. The van der Waals surface area contributed by atoms with Gasteiger partial charge in [-0.15, -0.1) is 0 Å². The van der Waals surface area contributed by atoms with Gasteiger partial charge in [-0.05, 0) is 45.0 Å². The maximum Gasteiger partial charge on any atom is 0.315 e. The number of nitrogens with zero attached hydrogens (tertiary/aromatic N) is 4. The van der Waals surface area contributed by atoms with Crippen LogP contribution in [0.4, 0.5) is 10.6 Å². The Balaban J connectivity index is 1.75. The van der Waals surface area contributed by atoms with Gasteiger partial charge >= 0.3 is 6.03 Å². The number of hydrogen-bond acceptors (Lipinski definition) is 6. The smallest absolute Gasteiger partial charge is 0.315 e. The molecule has 3 N–H and O–H groups in total. The first-order chi connectivity index (χ1) is 13.5. The molecule has 3 aromatic rings. The lowest BCUT2D eigenvalue weighted by Gasteiger charge is -2.11. The number of aromatic nitrogens is 4. The summed E-state index contributed by atoms with van der Waals surface area (Å²) in [5, 5.41) is 14.1. The molecule has 0 unspecified atom stereocenters. The van der Waals surface area contributed by atoms with E-state index in [1.165, 1.54) is 0 Å². The quantitative estimate of drug-likeness (QED) is 0.541. The molecular formula is C19H25N7O2. The average Bonchev–Trinajstić information content (AvgIpc) is 3.08. The number of rotatable bonds is 7. The van der Waals surface area contributed by atoms with Crippen LogP contribution in [-0.2, 0) is 0 Å². The first kappa shape index (κ1) is 19.4. The van der Waals surface area contributed by atoms with E-state index in [-0.39, 0.29) is 12.1 Å². The molecule has 0 radical (unpaired) electrons. The summed E-state index contributed by atoms with van der Waals surface area (Å²) in [4.78, 5) is 20.7. The van der Waals surface area contributed by atoms with Crippen LogP contribution in [0.15, 0.2) is 30.5 Å². The van der Waals surface area contributed by atoms with Gasteiger partial charge in [-0.1, -0.05) is 0 Å². The molecule has 0 fully saturated rings. The molecule has 2 heterocycles. The summed E-state index contributed by atoms with van der Waals surface area (Å²) < 4.78 is 6.97. The van der Waals surface area contributed by atoms with Crippen LogP contribution in [0.2, 0.25) is 0 Å². The van der Waals surface area contributed by atoms with E-state index < -0.39 is 0 Å². The van der Waals surface area contributed by atoms with Crippen LogP contribution in [0.5, 0.6) is 5.75 Å². The van der Waals surface area contributed by atoms with E-state index in [1.807, 2.05) is 45.0 Å². The Hall–Kier alpha value is -3.36. The van der Waals surface area contributed by atoms with Gasteiger partial charge in [0.25, 0.3) is 0 Å². The highest BCUT2D eigenvalue weighted by Gasteiger charge is 2.13. The average molecular weight is 383 g/mol. The van der Waals surface area contributed by atoms with Crippen molar-refractivity contribution < 1.29 is 9.53 Å². The van der Waals surface area contributed by atoms with Crippen LogP contribution >= 0.6 is 0 Å². The Kier molecular flexibility index (Phi) is 5.93. The zero-order valence-electron chi connectivity index (χ0n) is 16.5. The van der Waals surface area contributed by atoms with Crippen molar-refractivity contribution >= 4 is 22.9 Å². The van der Waals surface area contributed by atoms with Crippen molar-refractivity contribution in [2.45, 2.75) is 26.8 Å². The number of benzene rings is 1. The van der Waals surface area contributed by atoms with E-state index in [1.54, 1.807) is 18.0 Å². The first-order valence-corrected chi connectivity index (χ1v) is 9.13. The molecule has 9 heteroatoms. The molecule has 0 aliphatic carbocycles. The van der Waals surface area contributed by atoms with Crippen LogP contribution in [0.25, 0.3) is 16.7 Å². The molecule has 0 saturated heterocycles. The van der Waals surface area contributed by atoms with Crippen molar-refractivity contribution in [1.82, 2.24) is 30.4 Å². The Morgan fingerprint density at radius 3 is 2.61 bits per heavy atom. The molecule has 0 atom stereocenters. The minimum atomic E-state index is -0.187. The van der Waals surface area contributed by atoms with E-state index in [0.29, 0.717) is 30.4 Å². The predicted molar refractivity (Wildman–Crippen MR) is 108 cm³/mol. The van der Waals surface area contributed by atoms with Gasteiger partial charge in [0.15, 0.2) is 5.65 Å². The lowest BCUT2D eigenvalue weighted by Crippen LogP contribution is -2.41. The van der Waals surface area contributed by atoms with Crippen molar-refractivity contribution in [1.29, 1.82) is 0 Å². The normalized spacial score (nSPS) is 10.9. The second-order valence-corrected chi connectivity index (χ2v) is 6.59. The number of nitrogens with one attached hydrogen (secondary N) is 3. The van der Waals surface area contributed by atoms with Crippen LogP contribution in [0.3, 0.4) is 0 Å². The van der Waals surface area contributed by atoms with Crippen molar-refractivity contribution in [3.8, 4) is 11.4 Å². The number of ether oxygens (including phenoxy) is 1. The third-order valence-electron chi connectivity index (χ3n) is 3.98. The van der Waals surface area contributed by atoms with Crippen LogP contribution in [0, 0.1) is 6.92 Å². The number of carbonyl (C=O) groups excluding carboxylic acids is 1. The molecule has 0 bridgehead atoms. The summed E-state index contributed by atoms with van der Waals surface area (Å²) in [7, 11) is 1.63. The zero-order chi connectivity index (χ0) is 20.1. The molecule has 0 aliphatic rings. The Morgan fingerprint density at radius 1 is 1.18 bits per heavy atom. The highest BCUT2D eigenvalue weighted by Crippen LogP contribution is 2.23. The Morgan fingerprint density at radius 2 is 1.93 bits per heavy atom. The largest absolute Gasteiger partial charge is 0.497 e. The first-order valence-electron chi connectivity index (χ1n) is 9.13. The zero-order valence-corrected chi connectivity index (χ0v) is 16.5. The van der Waals surface area contributed by atoms with Crippen LogP contribution in [-0.4, -0.2) is 52.0 Å². The van der Waals surface area contributed by atoms with Crippen LogP contribution < -0.4 is 20.7 Å². The third-order valence-corrected chi connectivity index (χ3v) is 3.98. The number of amides is 2. The van der Waals surface area contributed by atoms with Crippen molar-refractivity contribution in [3.63, 3.8) is 0 Å². The summed E-state index contributed by atoms with van der Waals surface area (Å²) in [5.41, 5.74) is 1.59. The summed E-state index contributed by atoms with van der Waals surface area (Å²) in [6.07, 6.45) is 1.74.